The summed E-state index contributed by atoms with van der Waals surface area (Å²) in [5, 5.41) is 3.28. The van der Waals surface area contributed by atoms with Crippen LogP contribution in [0.2, 0.25) is 0 Å². The van der Waals surface area contributed by atoms with Crippen molar-refractivity contribution < 1.29 is 9.53 Å². The lowest BCUT2D eigenvalue weighted by molar-refractivity contribution is 0.0707. The van der Waals surface area contributed by atoms with Gasteiger partial charge in [-0.2, -0.15) is 0 Å². The Hall–Kier alpha value is -2.40. The van der Waals surface area contributed by atoms with E-state index in [9.17, 15) is 4.79 Å². The maximum atomic E-state index is 12.7. The molecule has 0 bridgehead atoms. The van der Waals surface area contributed by atoms with Gasteiger partial charge >= 0.3 is 0 Å². The molecular weight excluding hydrogens is 302 g/mol. The fourth-order valence-electron chi connectivity index (χ4n) is 2.92. The van der Waals surface area contributed by atoms with Gasteiger partial charge in [-0.1, -0.05) is 12.1 Å². The van der Waals surface area contributed by atoms with Gasteiger partial charge in [0.15, 0.2) is 0 Å². The Kier molecular flexibility index (Phi) is 5.43. The second-order valence-corrected chi connectivity index (χ2v) is 6.03. The summed E-state index contributed by atoms with van der Waals surface area (Å²) in [5.74, 6) is 0.784. The van der Waals surface area contributed by atoms with Crippen molar-refractivity contribution in [3.8, 4) is 5.75 Å². The summed E-state index contributed by atoms with van der Waals surface area (Å²) in [6.07, 6.45) is 5.51. The summed E-state index contributed by atoms with van der Waals surface area (Å²) < 4.78 is 5.78. The van der Waals surface area contributed by atoms with E-state index in [-0.39, 0.29) is 5.91 Å². The highest BCUT2D eigenvalue weighted by molar-refractivity contribution is 5.94. The third kappa shape index (κ3) is 4.11. The lowest BCUT2D eigenvalue weighted by Gasteiger charge is -2.31. The second-order valence-electron chi connectivity index (χ2n) is 6.03. The van der Waals surface area contributed by atoms with Crippen molar-refractivity contribution >= 4 is 5.91 Å². The van der Waals surface area contributed by atoms with E-state index in [0.717, 1.165) is 31.5 Å². The highest BCUT2D eigenvalue weighted by Crippen LogP contribution is 2.19. The van der Waals surface area contributed by atoms with E-state index in [1.54, 1.807) is 12.4 Å². The zero-order chi connectivity index (χ0) is 16.8. The predicted molar refractivity (Wildman–Crippen MR) is 93.0 cm³/mol. The fraction of sp³-hybridized carbons (Fsp3) is 0.368. The number of carbonyl (C=O) groups is 1. The third-order valence-electron chi connectivity index (χ3n) is 4.40. The van der Waals surface area contributed by atoms with Crippen LogP contribution in [0.5, 0.6) is 5.75 Å². The molecule has 126 valence electrons. The summed E-state index contributed by atoms with van der Waals surface area (Å²) in [6, 6.07) is 11.8. The molecular formula is C19H23N3O2. The number of amides is 1. The maximum absolute atomic E-state index is 12.7. The van der Waals surface area contributed by atoms with Crippen molar-refractivity contribution in [2.45, 2.75) is 25.5 Å². The molecule has 0 spiro atoms. The van der Waals surface area contributed by atoms with Gasteiger partial charge < -0.3 is 15.0 Å². The highest BCUT2D eigenvalue weighted by atomic mass is 16.5. The number of benzene rings is 1. The van der Waals surface area contributed by atoms with E-state index in [0.29, 0.717) is 24.0 Å². The lowest BCUT2D eigenvalue weighted by Crippen LogP contribution is -2.43. The van der Waals surface area contributed by atoms with E-state index in [2.05, 4.69) is 10.3 Å². The molecule has 0 aliphatic carbocycles. The number of nitrogens with zero attached hydrogens (tertiary/aromatic N) is 2. The standard InChI is InChI=1S/C19H23N3O2/c1-20-17-7-10-22(11-8-17)19(23)16-5-2-6-18(12-16)24-14-15-4-3-9-21-13-15/h2-6,9,12-13,17,20H,7-8,10-11,14H2,1H3. The number of piperidine rings is 1. The first-order valence-corrected chi connectivity index (χ1v) is 8.34. The first-order valence-electron chi connectivity index (χ1n) is 8.34. The number of likely N-dealkylation sites (tertiary alicyclic amines) is 1. The van der Waals surface area contributed by atoms with Crippen molar-refractivity contribution in [1.82, 2.24) is 15.2 Å². The number of ether oxygens (including phenoxy) is 1. The Morgan fingerprint density at radius 1 is 1.29 bits per heavy atom. The lowest BCUT2D eigenvalue weighted by atomic mass is 10.0. The van der Waals surface area contributed by atoms with Gasteiger partial charge in [-0.15, -0.1) is 0 Å². The van der Waals surface area contributed by atoms with Gasteiger partial charge in [-0.3, -0.25) is 9.78 Å². The van der Waals surface area contributed by atoms with E-state index < -0.39 is 0 Å². The summed E-state index contributed by atoms with van der Waals surface area (Å²) in [4.78, 5) is 18.7. The molecule has 1 fully saturated rings. The predicted octanol–water partition coefficient (Wildman–Crippen LogP) is 2.48. The van der Waals surface area contributed by atoms with Crippen molar-refractivity contribution in [2.75, 3.05) is 20.1 Å². The van der Waals surface area contributed by atoms with Gasteiger partial charge in [-0.25, -0.2) is 0 Å². The Labute approximate surface area is 142 Å². The molecule has 1 aromatic heterocycles. The Morgan fingerprint density at radius 2 is 2.12 bits per heavy atom. The molecule has 2 aromatic rings. The van der Waals surface area contributed by atoms with E-state index in [1.165, 1.54) is 0 Å². The number of rotatable bonds is 5. The van der Waals surface area contributed by atoms with E-state index in [1.807, 2.05) is 48.3 Å². The fourth-order valence-corrected chi connectivity index (χ4v) is 2.92. The van der Waals surface area contributed by atoms with Crippen molar-refractivity contribution in [2.24, 2.45) is 0 Å². The van der Waals surface area contributed by atoms with Gasteiger partial charge in [0.05, 0.1) is 0 Å². The zero-order valence-corrected chi connectivity index (χ0v) is 13.9. The average molecular weight is 325 g/mol. The SMILES string of the molecule is CNC1CCN(C(=O)c2cccc(OCc3cccnc3)c2)CC1. The van der Waals surface area contributed by atoms with Crippen LogP contribution in [-0.2, 0) is 6.61 Å². The van der Waals surface area contributed by atoms with Crippen LogP contribution in [0.3, 0.4) is 0 Å². The van der Waals surface area contributed by atoms with Gasteiger partial charge in [0.2, 0.25) is 0 Å². The highest BCUT2D eigenvalue weighted by Gasteiger charge is 2.22. The van der Waals surface area contributed by atoms with Crippen molar-refractivity contribution in [3.63, 3.8) is 0 Å². The molecule has 0 atom stereocenters. The van der Waals surface area contributed by atoms with E-state index in [4.69, 9.17) is 4.74 Å². The van der Waals surface area contributed by atoms with Crippen molar-refractivity contribution in [3.05, 3.63) is 59.9 Å². The minimum absolute atomic E-state index is 0.0800. The quantitative estimate of drug-likeness (QED) is 0.918. The van der Waals surface area contributed by atoms with Crippen LogP contribution >= 0.6 is 0 Å². The number of hydrogen-bond acceptors (Lipinski definition) is 4. The molecule has 1 aromatic carbocycles. The van der Waals surface area contributed by atoms with Gasteiger partial charge in [0.1, 0.15) is 12.4 Å². The minimum atomic E-state index is 0.0800. The van der Waals surface area contributed by atoms with Gasteiger partial charge in [0, 0.05) is 42.7 Å². The Balaban J connectivity index is 1.61. The largest absolute Gasteiger partial charge is 0.489 e. The normalized spacial score (nSPS) is 15.3. The van der Waals surface area contributed by atoms with Crippen LogP contribution in [0.1, 0.15) is 28.8 Å². The number of aromatic nitrogens is 1. The molecule has 5 heteroatoms. The first-order chi connectivity index (χ1) is 11.8. The van der Waals surface area contributed by atoms with Crippen LogP contribution in [-0.4, -0.2) is 42.0 Å². The van der Waals surface area contributed by atoms with Crippen LogP contribution < -0.4 is 10.1 Å². The molecule has 0 radical (unpaired) electrons. The summed E-state index contributed by atoms with van der Waals surface area (Å²) >= 11 is 0. The summed E-state index contributed by atoms with van der Waals surface area (Å²) in [7, 11) is 1.98. The molecule has 0 saturated carbocycles. The van der Waals surface area contributed by atoms with Crippen LogP contribution in [0, 0.1) is 0 Å². The molecule has 3 rings (SSSR count). The Morgan fingerprint density at radius 3 is 2.83 bits per heavy atom. The smallest absolute Gasteiger partial charge is 0.253 e. The number of nitrogens with one attached hydrogen (secondary N) is 1. The first kappa shape index (κ1) is 16.5. The molecule has 1 aliphatic rings. The second kappa shape index (κ2) is 7.93. The van der Waals surface area contributed by atoms with Crippen LogP contribution in [0.4, 0.5) is 0 Å². The monoisotopic (exact) mass is 325 g/mol. The summed E-state index contributed by atoms with van der Waals surface area (Å²) in [6.45, 7) is 2.04. The molecule has 0 unspecified atom stereocenters. The van der Waals surface area contributed by atoms with Gasteiger partial charge in [0.25, 0.3) is 5.91 Å². The average Bonchev–Trinajstić information content (AvgIpc) is 2.67. The molecule has 2 heterocycles. The van der Waals surface area contributed by atoms with Crippen LogP contribution in [0.15, 0.2) is 48.8 Å². The third-order valence-corrected chi connectivity index (χ3v) is 4.40. The number of carbonyl (C=O) groups excluding carboxylic acids is 1. The maximum Gasteiger partial charge on any atom is 0.253 e. The van der Waals surface area contributed by atoms with Crippen LogP contribution in [0.25, 0.3) is 0 Å². The molecule has 5 nitrogen and oxygen atoms in total. The van der Waals surface area contributed by atoms with E-state index >= 15 is 0 Å². The number of hydrogen-bond donors (Lipinski definition) is 1. The Bertz CT molecular complexity index is 667. The molecule has 1 aliphatic heterocycles. The number of pyridine rings is 1. The molecule has 24 heavy (non-hydrogen) atoms. The molecule has 1 amide bonds. The van der Waals surface area contributed by atoms with Crippen molar-refractivity contribution in [1.29, 1.82) is 0 Å². The van der Waals surface area contributed by atoms with Gasteiger partial charge in [-0.05, 0) is 44.2 Å². The minimum Gasteiger partial charge on any atom is -0.489 e. The molecule has 1 saturated heterocycles. The zero-order valence-electron chi connectivity index (χ0n) is 13.9. The topological polar surface area (TPSA) is 54.5 Å². The molecule has 1 N–H and O–H groups in total. The summed E-state index contributed by atoms with van der Waals surface area (Å²) in [5.41, 5.74) is 1.69.